The molecule has 4 fully saturated rings. The number of aryl methyl sites for hydroxylation is 7. The maximum Gasteiger partial charge on any atom is 1.00 e. The molecule has 33 heteroatoms. The van der Waals surface area contributed by atoms with Gasteiger partial charge in [-0.1, -0.05) is 122 Å². The molecule has 2 unspecified atom stereocenters. The van der Waals surface area contributed by atoms with Gasteiger partial charge < -0.3 is 69.6 Å². The molecular formula is C82H100Cl2F4N13NaO13. The van der Waals surface area contributed by atoms with E-state index >= 15 is 0 Å². The maximum absolute atomic E-state index is 13.6. The molecule has 10 aromatic rings. The number of methoxy groups -OCH3 is 2. The van der Waals surface area contributed by atoms with Crippen LogP contribution >= 0.6 is 24.8 Å². The number of para-hydroxylation sites is 8. The molecule has 14 rings (SSSR count). The Morgan fingerprint density at radius 2 is 0.861 bits per heavy atom. The van der Waals surface area contributed by atoms with Gasteiger partial charge in [0, 0.05) is 85.7 Å². The number of carbonyl (C=O) groups is 8. The fourth-order valence-electron chi connectivity index (χ4n) is 14.2. The molecule has 1 aliphatic carbocycles. The largest absolute Gasteiger partial charge is 1.00 e. The number of imidazole rings is 4. The van der Waals surface area contributed by atoms with E-state index in [1.807, 2.05) is 132 Å². The van der Waals surface area contributed by atoms with E-state index in [-0.39, 0.29) is 108 Å². The molecule has 6 aromatic carbocycles. The Labute approximate surface area is 698 Å². The van der Waals surface area contributed by atoms with Crippen LogP contribution in [0.2, 0.25) is 0 Å². The van der Waals surface area contributed by atoms with E-state index in [0.717, 1.165) is 93.1 Å². The van der Waals surface area contributed by atoms with Crippen LogP contribution in [-0.2, 0) is 94.7 Å². The molecule has 7 N–H and O–H groups in total. The van der Waals surface area contributed by atoms with Gasteiger partial charge in [0.05, 0.1) is 76.7 Å². The Kier molecular flexibility index (Phi) is 39.4. The van der Waals surface area contributed by atoms with Gasteiger partial charge in [0.15, 0.2) is 0 Å². The number of rotatable bonds is 21. The minimum atomic E-state index is -2.75. The fourth-order valence-corrected chi connectivity index (χ4v) is 14.2. The number of esters is 2. The summed E-state index contributed by atoms with van der Waals surface area (Å²) in [7, 11) is 8.63. The van der Waals surface area contributed by atoms with Gasteiger partial charge in [-0.2, -0.15) is 0 Å². The van der Waals surface area contributed by atoms with Crippen LogP contribution in [0.5, 0.6) is 0 Å². The van der Waals surface area contributed by atoms with Crippen LogP contribution < -0.4 is 40.6 Å². The summed E-state index contributed by atoms with van der Waals surface area (Å²) in [5.41, 5.74) is 13.6. The summed E-state index contributed by atoms with van der Waals surface area (Å²) in [6.45, 7) is 1.61. The summed E-state index contributed by atoms with van der Waals surface area (Å²) >= 11 is 0. The smallest absolute Gasteiger partial charge is 0.870 e. The quantitative estimate of drug-likeness (QED) is 0.0254. The van der Waals surface area contributed by atoms with Crippen LogP contribution in [0.1, 0.15) is 136 Å². The molecule has 614 valence electrons. The zero-order valence-corrected chi connectivity index (χ0v) is 68.9. The number of H-pyrrole nitrogens is 1. The Morgan fingerprint density at radius 1 is 0.478 bits per heavy atom. The Bertz CT molecular complexity index is 4750. The summed E-state index contributed by atoms with van der Waals surface area (Å²) in [4.78, 5) is 120. The van der Waals surface area contributed by atoms with Gasteiger partial charge >= 0.3 is 53.4 Å². The number of hydrogen-bond donors (Lipinski definition) is 5. The van der Waals surface area contributed by atoms with E-state index in [9.17, 15) is 55.9 Å². The van der Waals surface area contributed by atoms with Crippen LogP contribution in [0.15, 0.2) is 158 Å². The maximum atomic E-state index is 13.6. The fraction of sp³-hybridized carbons (Fsp3) is 0.415. The molecule has 26 nitrogen and oxygen atoms in total. The second-order valence-electron chi connectivity index (χ2n) is 27.4. The van der Waals surface area contributed by atoms with E-state index in [2.05, 4.69) is 35.0 Å². The van der Waals surface area contributed by atoms with Gasteiger partial charge in [-0.3, -0.25) is 28.8 Å². The van der Waals surface area contributed by atoms with E-state index in [0.29, 0.717) is 95.0 Å². The first-order valence-corrected chi connectivity index (χ1v) is 37.3. The predicted molar refractivity (Wildman–Crippen MR) is 426 cm³/mol. The number of carboxylic acid groups (broad SMARTS) is 2. The molecular weight excluding hydrogens is 1540 g/mol. The number of nitrogens with zero attached hydrogens (tertiary/aromatic N) is 10. The normalized spacial score (nSPS) is 15.9. The molecule has 7 heterocycles. The molecule has 0 spiro atoms. The minimum absolute atomic E-state index is 0. The van der Waals surface area contributed by atoms with Crippen molar-refractivity contribution in [3.05, 3.63) is 192 Å². The third-order valence-electron chi connectivity index (χ3n) is 20.2. The van der Waals surface area contributed by atoms with Crippen molar-refractivity contribution < 1.29 is 111 Å². The topological polar surface area (TPSA) is 355 Å². The first-order valence-electron chi connectivity index (χ1n) is 37.3. The Hall–Kier alpha value is -9.82. The number of ether oxygens (including phenoxy) is 2. The molecule has 1 saturated carbocycles. The van der Waals surface area contributed by atoms with Crippen LogP contribution in [0.25, 0.3) is 44.1 Å². The van der Waals surface area contributed by atoms with Crippen LogP contribution in [-0.4, -0.2) is 181 Å². The summed E-state index contributed by atoms with van der Waals surface area (Å²) < 4.78 is 66.6. The predicted octanol–water partition coefficient (Wildman–Crippen LogP) is 9.42. The first-order chi connectivity index (χ1) is 53.5. The number of aliphatic carboxylic acids is 2. The molecule has 0 bridgehead atoms. The van der Waals surface area contributed by atoms with Crippen molar-refractivity contribution in [1.29, 1.82) is 0 Å². The molecule has 5 atom stereocenters. The molecule has 4 aliphatic rings. The second kappa shape index (κ2) is 47.3. The zero-order valence-electron chi connectivity index (χ0n) is 65.3. The number of fused-ring (bicyclic) bond motifs is 4. The number of likely N-dealkylation sites (tertiary alicyclic amines) is 3. The van der Waals surface area contributed by atoms with Crippen molar-refractivity contribution in [2.75, 3.05) is 33.9 Å². The van der Waals surface area contributed by atoms with Crippen molar-refractivity contribution in [1.82, 2.24) is 58.6 Å². The van der Waals surface area contributed by atoms with Gasteiger partial charge in [-0.05, 0) is 111 Å². The Morgan fingerprint density at radius 3 is 1.26 bits per heavy atom. The van der Waals surface area contributed by atoms with Crippen molar-refractivity contribution in [3.63, 3.8) is 0 Å². The van der Waals surface area contributed by atoms with E-state index in [1.54, 1.807) is 65.6 Å². The number of aromatic nitrogens is 8. The Balaban J connectivity index is 0.000000256. The number of nitrogens with one attached hydrogen (secondary N) is 2. The number of nitrogens with two attached hydrogens (primary N) is 1. The van der Waals surface area contributed by atoms with Crippen molar-refractivity contribution >= 4 is 116 Å². The number of hydrogen-bond acceptors (Lipinski definition) is 16. The third-order valence-corrected chi connectivity index (χ3v) is 20.2. The van der Waals surface area contributed by atoms with Gasteiger partial charge in [0.1, 0.15) is 47.5 Å². The standard InChI is InChI=1S/C24H26F2N4O2.C17H21N3O3.C16H19N3O3.C10H10N2O2.C8H9F2N.C7H12O2.2ClH.Na.H2O/c1-29-18-11-6-5-10-17(18)27-20(29)13-14-21(31)30-15-7-12-19(30)24(32)28-22(23(25)26)16-8-3-2-4-9-16;1-19-13-7-4-3-6-12(13)18-15(19)9-10-16(21)20-11-5-8-14(20)17(22)23-2;1-18-12-6-3-2-5-11(12)17-14(18)8-9-15(20)19-10-4-7-13(19)16(21)22;13-10(14)6-5-9-11-7-3-1-2-4-8(7)12-9;9-8(10)7(11)6-4-2-1-3-5-6;1-9-7(8)6-4-2-3-5-6;;;;/h2-6,8-11,19,22-23H,7,12-15H2,1H3,(H,28,32);3-4,6-7,14H,5,8-11H2,1-2H3;2-3,5-6,13H,4,7-10H2,1H3,(H,21,22);1-4H,5-6H2,(H,11,12)(H,13,14);1-5,7-8H,11H2;6H,2-5H2,1H3;2*1H;;1H2/q;;;;;;;;+1;/p-1/t19-,22?;14-;13-;;;;;;;/m000......./s1. The van der Waals surface area contributed by atoms with Crippen LogP contribution in [0, 0.1) is 5.92 Å². The van der Waals surface area contributed by atoms with E-state index in [1.165, 1.54) is 36.9 Å². The summed E-state index contributed by atoms with van der Waals surface area (Å²) in [5.74, 6) is 0.613. The average Bonchev–Trinajstić information content (AvgIpc) is 1.67. The molecule has 115 heavy (non-hydrogen) atoms. The van der Waals surface area contributed by atoms with Crippen LogP contribution in [0.3, 0.4) is 0 Å². The second-order valence-corrected chi connectivity index (χ2v) is 27.4. The van der Waals surface area contributed by atoms with Gasteiger partial charge in [0.25, 0.3) is 12.9 Å². The summed E-state index contributed by atoms with van der Waals surface area (Å²) in [6.07, 6.45) is 6.13. The average molecular weight is 1650 g/mol. The monoisotopic (exact) mass is 1640 g/mol. The molecule has 3 aliphatic heterocycles. The summed E-state index contributed by atoms with van der Waals surface area (Å²) in [6, 6.07) is 43.3. The number of halogens is 6. The number of alkyl halides is 4. The zero-order chi connectivity index (χ0) is 79.7. The van der Waals surface area contributed by atoms with Gasteiger partial charge in [-0.15, -0.1) is 24.8 Å². The number of benzene rings is 6. The van der Waals surface area contributed by atoms with E-state index in [4.69, 9.17) is 20.7 Å². The number of amides is 4. The molecule has 4 amide bonds. The number of carbonyl (C=O) groups excluding carboxylic acids is 6. The molecule has 3 saturated heterocycles. The van der Waals surface area contributed by atoms with Crippen LogP contribution in [0.4, 0.5) is 17.6 Å². The third kappa shape index (κ3) is 26.3. The van der Waals surface area contributed by atoms with Crippen molar-refractivity contribution in [2.45, 2.75) is 159 Å². The summed E-state index contributed by atoms with van der Waals surface area (Å²) in [5, 5.41) is 20.1. The van der Waals surface area contributed by atoms with E-state index < -0.39 is 60.9 Å². The minimum Gasteiger partial charge on any atom is -0.870 e. The van der Waals surface area contributed by atoms with Crippen molar-refractivity contribution in [3.8, 4) is 0 Å². The SMILES string of the molecule is COC(=O)C1CCCC1.COC(=O)[C@@H]1CCCN1C(=O)CCc1nc2ccccc2n1C.Cl.Cl.Cn1c(CCC(=O)N2CCC[C@H]2C(=O)NC(c2ccccc2)C(F)F)nc2ccccc21.Cn1c(CCC(=O)N2CCC[C@H]2C(=O)O)nc2ccccc21.NC(c1ccccc1)C(F)F.O=C(O)CCc1nc2ccccc2[nH]1.[Na+].[OH-]. The number of carboxylic acids is 2. The molecule has 4 aromatic heterocycles. The number of aromatic amines is 1. The van der Waals surface area contributed by atoms with Crippen molar-refractivity contribution in [2.24, 2.45) is 32.8 Å². The van der Waals surface area contributed by atoms with Gasteiger partial charge in [0.2, 0.25) is 23.6 Å². The first kappa shape index (κ1) is 95.8. The van der Waals surface area contributed by atoms with Gasteiger partial charge in [-0.25, -0.2) is 47.1 Å². The molecule has 0 radical (unpaired) electrons.